The molecule has 1 saturated carbocycles. The van der Waals surface area contributed by atoms with Gasteiger partial charge in [0.15, 0.2) is 0 Å². The van der Waals surface area contributed by atoms with Crippen LogP contribution in [0.25, 0.3) is 0 Å². The van der Waals surface area contributed by atoms with Crippen LogP contribution in [0.3, 0.4) is 0 Å². The lowest BCUT2D eigenvalue weighted by Crippen LogP contribution is -2.63. The summed E-state index contributed by atoms with van der Waals surface area (Å²) in [6.45, 7) is 11.9. The highest BCUT2D eigenvalue weighted by Crippen LogP contribution is 2.51. The van der Waals surface area contributed by atoms with Gasteiger partial charge in [0.05, 0.1) is 6.10 Å². The van der Waals surface area contributed by atoms with Gasteiger partial charge in [-0.25, -0.2) is 0 Å². The summed E-state index contributed by atoms with van der Waals surface area (Å²) in [5.74, 6) is 0.303. The van der Waals surface area contributed by atoms with E-state index in [-0.39, 0.29) is 5.41 Å². The van der Waals surface area contributed by atoms with Crippen molar-refractivity contribution in [3.05, 3.63) is 0 Å². The molecule has 2 unspecified atom stereocenters. The molecule has 1 aliphatic heterocycles. The van der Waals surface area contributed by atoms with Gasteiger partial charge < -0.3 is 19.9 Å². The zero-order valence-electron chi connectivity index (χ0n) is 15.4. The Hall–Kier alpha value is -0.650. The smallest absolute Gasteiger partial charge is 0.223 e. The Morgan fingerprint density at radius 2 is 1.91 bits per heavy atom. The Morgan fingerprint density at radius 1 is 1.26 bits per heavy atom. The number of amides is 1. The van der Waals surface area contributed by atoms with E-state index in [1.807, 2.05) is 4.90 Å². The summed E-state index contributed by atoms with van der Waals surface area (Å²) in [6, 6.07) is 0.546. The Bertz CT molecular complexity index is 378. The quantitative estimate of drug-likeness (QED) is 0.738. The molecule has 2 atom stereocenters. The van der Waals surface area contributed by atoms with E-state index in [0.717, 1.165) is 58.6 Å². The van der Waals surface area contributed by atoms with E-state index < -0.39 is 0 Å². The second-order valence-corrected chi connectivity index (χ2v) is 7.00. The number of rotatable bonds is 8. The predicted molar refractivity (Wildman–Crippen MR) is 93.5 cm³/mol. The Kier molecular flexibility index (Phi) is 6.86. The lowest BCUT2D eigenvalue weighted by atomic mass is 9.58. The molecule has 0 bridgehead atoms. The van der Waals surface area contributed by atoms with E-state index in [1.54, 1.807) is 0 Å². The second-order valence-electron chi connectivity index (χ2n) is 7.00. The molecule has 1 aliphatic carbocycles. The minimum Gasteiger partial charge on any atom is -0.378 e. The van der Waals surface area contributed by atoms with E-state index in [0.29, 0.717) is 24.5 Å². The molecule has 1 saturated heterocycles. The maximum atomic E-state index is 12.3. The van der Waals surface area contributed by atoms with Crippen molar-refractivity contribution < 1.29 is 9.53 Å². The van der Waals surface area contributed by atoms with Crippen LogP contribution in [0.4, 0.5) is 0 Å². The summed E-state index contributed by atoms with van der Waals surface area (Å²) in [7, 11) is 2.18. The van der Waals surface area contributed by atoms with Gasteiger partial charge in [-0.15, -0.1) is 0 Å². The molecule has 0 aromatic carbocycles. The Labute approximate surface area is 141 Å². The van der Waals surface area contributed by atoms with Gasteiger partial charge >= 0.3 is 0 Å². The zero-order chi connectivity index (χ0) is 16.9. The number of nitrogens with one attached hydrogen (secondary N) is 1. The van der Waals surface area contributed by atoms with E-state index in [2.05, 4.69) is 38.0 Å². The van der Waals surface area contributed by atoms with Crippen molar-refractivity contribution in [3.8, 4) is 0 Å². The molecule has 23 heavy (non-hydrogen) atoms. The molecule has 5 nitrogen and oxygen atoms in total. The maximum Gasteiger partial charge on any atom is 0.223 e. The molecular weight excluding hydrogens is 290 g/mol. The molecule has 0 radical (unpaired) electrons. The fourth-order valence-electron chi connectivity index (χ4n) is 4.46. The summed E-state index contributed by atoms with van der Waals surface area (Å²) in [5.41, 5.74) is 0.267. The van der Waals surface area contributed by atoms with E-state index >= 15 is 0 Å². The van der Waals surface area contributed by atoms with Crippen LogP contribution in [0.5, 0.6) is 0 Å². The van der Waals surface area contributed by atoms with Gasteiger partial charge in [-0.1, -0.05) is 13.8 Å². The topological polar surface area (TPSA) is 44.8 Å². The summed E-state index contributed by atoms with van der Waals surface area (Å²) in [6.07, 6.45) is 4.42. The number of hydrogen-bond donors (Lipinski definition) is 1. The van der Waals surface area contributed by atoms with Crippen molar-refractivity contribution in [1.82, 2.24) is 15.1 Å². The molecule has 134 valence electrons. The van der Waals surface area contributed by atoms with E-state index in [9.17, 15) is 4.79 Å². The summed E-state index contributed by atoms with van der Waals surface area (Å²) >= 11 is 0. The van der Waals surface area contributed by atoms with Crippen LogP contribution >= 0.6 is 0 Å². The Morgan fingerprint density at radius 3 is 2.48 bits per heavy atom. The van der Waals surface area contributed by atoms with Crippen LogP contribution in [0.15, 0.2) is 0 Å². The third kappa shape index (κ3) is 3.89. The van der Waals surface area contributed by atoms with E-state index in [1.165, 1.54) is 0 Å². The van der Waals surface area contributed by atoms with Crippen LogP contribution < -0.4 is 5.32 Å². The van der Waals surface area contributed by atoms with Gasteiger partial charge in [0, 0.05) is 57.2 Å². The van der Waals surface area contributed by atoms with Crippen LogP contribution in [0.1, 0.15) is 46.5 Å². The molecule has 5 heteroatoms. The summed E-state index contributed by atoms with van der Waals surface area (Å²) < 4.78 is 5.97. The first-order valence-corrected chi connectivity index (χ1v) is 9.39. The highest BCUT2D eigenvalue weighted by molar-refractivity contribution is 5.76. The molecule has 2 fully saturated rings. The van der Waals surface area contributed by atoms with Crippen LogP contribution in [0.2, 0.25) is 0 Å². The zero-order valence-corrected chi connectivity index (χ0v) is 15.4. The Balaban J connectivity index is 1.85. The number of piperazine rings is 1. The number of carbonyl (C=O) groups excluding carboxylic acids is 1. The van der Waals surface area contributed by atoms with Gasteiger partial charge in [0.1, 0.15) is 0 Å². The molecule has 0 spiro atoms. The standard InChI is InChI=1S/C18H35N3O2/c1-5-18(6-2)15(14-16(18)23-7-3)20(4)11-8-17(22)21-12-9-19-10-13-21/h15-16,19H,5-14H2,1-4H3. The first-order valence-electron chi connectivity index (χ1n) is 9.39. The highest BCUT2D eigenvalue weighted by Gasteiger charge is 2.54. The molecule has 1 N–H and O–H groups in total. The monoisotopic (exact) mass is 325 g/mol. The third-order valence-corrected chi connectivity index (χ3v) is 6.11. The first-order chi connectivity index (χ1) is 11.1. The van der Waals surface area contributed by atoms with Gasteiger partial charge in [-0.3, -0.25) is 4.79 Å². The number of ether oxygens (including phenoxy) is 1. The summed E-state index contributed by atoms with van der Waals surface area (Å²) in [5, 5.41) is 3.30. The van der Waals surface area contributed by atoms with Crippen LogP contribution in [-0.4, -0.2) is 74.2 Å². The van der Waals surface area contributed by atoms with Crippen molar-refractivity contribution in [2.45, 2.75) is 58.6 Å². The number of nitrogens with zero attached hydrogens (tertiary/aromatic N) is 2. The average Bonchev–Trinajstić information content (AvgIpc) is 2.58. The molecule has 1 amide bonds. The fourth-order valence-corrected chi connectivity index (χ4v) is 4.46. The molecule has 0 aromatic rings. The molecule has 1 heterocycles. The lowest BCUT2D eigenvalue weighted by molar-refractivity contribution is -0.168. The molecular formula is C18H35N3O2. The minimum absolute atomic E-state index is 0.267. The van der Waals surface area contributed by atoms with Crippen LogP contribution in [-0.2, 0) is 9.53 Å². The molecule has 0 aromatic heterocycles. The van der Waals surface area contributed by atoms with Gasteiger partial charge in [0.2, 0.25) is 5.91 Å². The lowest BCUT2D eigenvalue weighted by Gasteiger charge is -2.58. The molecule has 2 rings (SSSR count). The van der Waals surface area contributed by atoms with Crippen molar-refractivity contribution in [2.24, 2.45) is 5.41 Å². The van der Waals surface area contributed by atoms with Gasteiger partial charge in [0.25, 0.3) is 0 Å². The van der Waals surface area contributed by atoms with Crippen molar-refractivity contribution in [2.75, 3.05) is 46.4 Å². The highest BCUT2D eigenvalue weighted by atomic mass is 16.5. The van der Waals surface area contributed by atoms with Crippen molar-refractivity contribution in [1.29, 1.82) is 0 Å². The van der Waals surface area contributed by atoms with Gasteiger partial charge in [-0.2, -0.15) is 0 Å². The predicted octanol–water partition coefficient (Wildman–Crippen LogP) is 1.72. The maximum absolute atomic E-state index is 12.3. The van der Waals surface area contributed by atoms with Crippen molar-refractivity contribution >= 4 is 5.91 Å². The SMILES string of the molecule is CCOC1CC(N(C)CCC(=O)N2CCNCC2)C1(CC)CC. The largest absolute Gasteiger partial charge is 0.378 e. The second kappa shape index (κ2) is 8.45. The fraction of sp³-hybridized carbons (Fsp3) is 0.944. The van der Waals surface area contributed by atoms with Gasteiger partial charge in [-0.05, 0) is 33.2 Å². The number of carbonyl (C=O) groups is 1. The normalized spacial score (nSPS) is 27.1. The summed E-state index contributed by atoms with van der Waals surface area (Å²) in [4.78, 5) is 16.8. The molecule has 2 aliphatic rings. The van der Waals surface area contributed by atoms with Crippen molar-refractivity contribution in [3.63, 3.8) is 0 Å². The number of hydrogen-bond acceptors (Lipinski definition) is 4. The van der Waals surface area contributed by atoms with Crippen LogP contribution in [0, 0.1) is 5.41 Å². The van der Waals surface area contributed by atoms with E-state index in [4.69, 9.17) is 4.74 Å². The third-order valence-electron chi connectivity index (χ3n) is 6.11. The minimum atomic E-state index is 0.267. The average molecular weight is 325 g/mol. The first kappa shape index (κ1) is 18.7.